The molecule has 1 saturated heterocycles. The van der Waals surface area contributed by atoms with Gasteiger partial charge in [-0.2, -0.15) is 0 Å². The second-order valence-corrected chi connectivity index (χ2v) is 9.13. The minimum atomic E-state index is -2.93. The zero-order chi connectivity index (χ0) is 18.6. The van der Waals surface area contributed by atoms with E-state index in [1.165, 1.54) is 6.26 Å². The lowest BCUT2D eigenvalue weighted by Gasteiger charge is -2.32. The molecule has 0 unspecified atom stereocenters. The van der Waals surface area contributed by atoms with Gasteiger partial charge in [0.25, 0.3) is 0 Å². The third-order valence-electron chi connectivity index (χ3n) is 4.67. The number of urea groups is 1. The minimum Gasteiger partial charge on any atom is -0.464 e. The standard InChI is InChI=1S/C18H25N3O4S/c1-26(23,24)11-9-21-7-4-16(5-8-21)20-18(22)19-13-14-2-3-17-15(12-14)6-10-25-17/h2-3,6,10,12,16H,4-5,7-9,11,13H2,1H3,(H2,19,20,22). The highest BCUT2D eigenvalue weighted by Crippen LogP contribution is 2.17. The van der Waals surface area contributed by atoms with E-state index in [1.807, 2.05) is 24.3 Å². The van der Waals surface area contributed by atoms with Crippen LogP contribution in [-0.2, 0) is 16.4 Å². The Balaban J connectivity index is 1.38. The number of likely N-dealkylation sites (tertiary alicyclic amines) is 1. The molecule has 2 aromatic rings. The van der Waals surface area contributed by atoms with Crippen molar-refractivity contribution < 1.29 is 17.6 Å². The maximum absolute atomic E-state index is 12.1. The molecule has 2 amide bonds. The predicted molar refractivity (Wildman–Crippen MR) is 101 cm³/mol. The van der Waals surface area contributed by atoms with E-state index in [9.17, 15) is 13.2 Å². The van der Waals surface area contributed by atoms with E-state index in [2.05, 4.69) is 15.5 Å². The Morgan fingerprint density at radius 2 is 2.04 bits per heavy atom. The second-order valence-electron chi connectivity index (χ2n) is 6.87. The van der Waals surface area contributed by atoms with Gasteiger partial charge in [-0.25, -0.2) is 13.2 Å². The van der Waals surface area contributed by atoms with E-state index in [-0.39, 0.29) is 17.8 Å². The van der Waals surface area contributed by atoms with Crippen molar-refractivity contribution in [3.05, 3.63) is 36.1 Å². The fraction of sp³-hybridized carbons (Fsp3) is 0.500. The first kappa shape index (κ1) is 18.7. The van der Waals surface area contributed by atoms with Crippen LogP contribution in [0.4, 0.5) is 4.79 Å². The summed E-state index contributed by atoms with van der Waals surface area (Å²) in [6.45, 7) is 2.63. The van der Waals surface area contributed by atoms with E-state index < -0.39 is 9.84 Å². The number of furan rings is 1. The summed E-state index contributed by atoms with van der Waals surface area (Å²) < 4.78 is 27.8. The summed E-state index contributed by atoms with van der Waals surface area (Å²) in [6, 6.07) is 7.69. The van der Waals surface area contributed by atoms with Crippen molar-refractivity contribution in [1.29, 1.82) is 0 Å². The molecular formula is C18H25N3O4S. The highest BCUT2D eigenvalue weighted by atomic mass is 32.2. The Labute approximate surface area is 153 Å². The van der Waals surface area contributed by atoms with Crippen LogP contribution in [0.2, 0.25) is 0 Å². The summed E-state index contributed by atoms with van der Waals surface area (Å²) in [5.74, 6) is 0.187. The monoisotopic (exact) mass is 379 g/mol. The van der Waals surface area contributed by atoms with Crippen LogP contribution in [-0.4, -0.2) is 57.0 Å². The minimum absolute atomic E-state index is 0.126. The summed E-state index contributed by atoms with van der Waals surface area (Å²) >= 11 is 0. The fourth-order valence-electron chi connectivity index (χ4n) is 3.14. The number of rotatable bonds is 6. The summed E-state index contributed by atoms with van der Waals surface area (Å²) in [7, 11) is -2.93. The lowest BCUT2D eigenvalue weighted by Crippen LogP contribution is -2.48. The molecule has 1 aliphatic heterocycles. The highest BCUT2D eigenvalue weighted by Gasteiger charge is 2.21. The van der Waals surface area contributed by atoms with Crippen molar-refractivity contribution >= 4 is 26.8 Å². The third kappa shape index (κ3) is 5.47. The number of carbonyl (C=O) groups excluding carboxylic acids is 1. The molecule has 8 heteroatoms. The Hall–Kier alpha value is -2.06. The van der Waals surface area contributed by atoms with Gasteiger partial charge in [0.1, 0.15) is 15.4 Å². The molecule has 0 bridgehead atoms. The number of hydrogen-bond acceptors (Lipinski definition) is 5. The lowest BCUT2D eigenvalue weighted by molar-refractivity contribution is 0.199. The van der Waals surface area contributed by atoms with Crippen LogP contribution in [0, 0.1) is 0 Å². The van der Waals surface area contributed by atoms with Crippen molar-refractivity contribution in [3.63, 3.8) is 0 Å². The quantitative estimate of drug-likeness (QED) is 0.798. The number of piperidine rings is 1. The van der Waals surface area contributed by atoms with Gasteiger partial charge in [0.2, 0.25) is 0 Å². The van der Waals surface area contributed by atoms with Gasteiger partial charge in [-0.3, -0.25) is 0 Å². The van der Waals surface area contributed by atoms with Crippen LogP contribution in [0.5, 0.6) is 0 Å². The van der Waals surface area contributed by atoms with Gasteiger partial charge in [0.05, 0.1) is 12.0 Å². The smallest absolute Gasteiger partial charge is 0.315 e. The number of nitrogens with one attached hydrogen (secondary N) is 2. The van der Waals surface area contributed by atoms with Crippen LogP contribution in [0.3, 0.4) is 0 Å². The highest BCUT2D eigenvalue weighted by molar-refractivity contribution is 7.90. The van der Waals surface area contributed by atoms with Crippen molar-refractivity contribution in [1.82, 2.24) is 15.5 Å². The molecule has 0 aliphatic carbocycles. The molecular weight excluding hydrogens is 354 g/mol. The molecule has 1 aliphatic rings. The molecule has 2 N–H and O–H groups in total. The third-order valence-corrected chi connectivity index (χ3v) is 5.60. The molecule has 142 valence electrons. The molecule has 26 heavy (non-hydrogen) atoms. The predicted octanol–water partition coefficient (Wildman–Crippen LogP) is 1.74. The van der Waals surface area contributed by atoms with Crippen molar-refractivity contribution in [2.45, 2.75) is 25.4 Å². The SMILES string of the molecule is CS(=O)(=O)CCN1CCC(NC(=O)NCc2ccc3occc3c2)CC1. The molecule has 0 saturated carbocycles. The number of fused-ring (bicyclic) bond motifs is 1. The number of carbonyl (C=O) groups is 1. The normalized spacial score (nSPS) is 16.7. The van der Waals surface area contributed by atoms with E-state index in [4.69, 9.17) is 4.42 Å². The van der Waals surface area contributed by atoms with Crippen molar-refractivity contribution in [2.75, 3.05) is 31.6 Å². The summed E-state index contributed by atoms with van der Waals surface area (Å²) in [5.41, 5.74) is 1.85. The number of sulfone groups is 1. The van der Waals surface area contributed by atoms with Gasteiger partial charge in [0, 0.05) is 43.9 Å². The number of benzene rings is 1. The Morgan fingerprint density at radius 1 is 1.27 bits per heavy atom. The first-order valence-corrected chi connectivity index (χ1v) is 10.9. The van der Waals surface area contributed by atoms with Gasteiger partial charge in [-0.1, -0.05) is 6.07 Å². The van der Waals surface area contributed by atoms with Crippen molar-refractivity contribution in [2.24, 2.45) is 0 Å². The van der Waals surface area contributed by atoms with E-state index in [0.29, 0.717) is 13.1 Å². The molecule has 0 radical (unpaired) electrons. The first-order chi connectivity index (χ1) is 12.4. The molecule has 0 spiro atoms. The Morgan fingerprint density at radius 3 is 2.77 bits per heavy atom. The summed E-state index contributed by atoms with van der Waals surface area (Å²) in [5, 5.41) is 6.91. The zero-order valence-corrected chi connectivity index (χ0v) is 15.7. The molecule has 3 rings (SSSR count). The zero-order valence-electron chi connectivity index (χ0n) is 14.9. The fourth-order valence-corrected chi connectivity index (χ4v) is 3.73. The summed E-state index contributed by atoms with van der Waals surface area (Å²) in [4.78, 5) is 14.2. The second kappa shape index (κ2) is 8.09. The van der Waals surface area contributed by atoms with Crippen molar-refractivity contribution in [3.8, 4) is 0 Å². The van der Waals surface area contributed by atoms with Crippen LogP contribution >= 0.6 is 0 Å². The maximum Gasteiger partial charge on any atom is 0.315 e. The van der Waals surface area contributed by atoms with E-state index in [0.717, 1.165) is 42.5 Å². The van der Waals surface area contributed by atoms with E-state index in [1.54, 1.807) is 6.26 Å². The van der Waals surface area contributed by atoms with Gasteiger partial charge in [-0.05, 0) is 36.6 Å². The first-order valence-electron chi connectivity index (χ1n) is 8.80. The molecule has 7 nitrogen and oxygen atoms in total. The van der Waals surface area contributed by atoms with Gasteiger partial charge < -0.3 is 20.0 Å². The van der Waals surface area contributed by atoms with E-state index >= 15 is 0 Å². The average Bonchev–Trinajstić information content (AvgIpc) is 3.06. The maximum atomic E-state index is 12.1. The van der Waals surface area contributed by atoms with Gasteiger partial charge in [0.15, 0.2) is 0 Å². The molecule has 1 fully saturated rings. The van der Waals surface area contributed by atoms with Crippen LogP contribution in [0.25, 0.3) is 11.0 Å². The number of amides is 2. The molecule has 2 heterocycles. The Kier molecular flexibility index (Phi) is 5.83. The van der Waals surface area contributed by atoms with Crippen LogP contribution in [0.15, 0.2) is 34.9 Å². The summed E-state index contributed by atoms with van der Waals surface area (Å²) in [6.07, 6.45) is 4.57. The topological polar surface area (TPSA) is 91.7 Å². The number of nitrogens with zero attached hydrogens (tertiary/aromatic N) is 1. The Bertz CT molecular complexity index is 854. The van der Waals surface area contributed by atoms with Gasteiger partial charge in [-0.15, -0.1) is 0 Å². The van der Waals surface area contributed by atoms with Crippen LogP contribution in [0.1, 0.15) is 18.4 Å². The number of hydrogen-bond donors (Lipinski definition) is 2. The van der Waals surface area contributed by atoms with Crippen LogP contribution < -0.4 is 10.6 Å². The molecule has 0 atom stereocenters. The lowest BCUT2D eigenvalue weighted by atomic mass is 10.1. The van der Waals surface area contributed by atoms with Gasteiger partial charge >= 0.3 is 6.03 Å². The molecule has 1 aromatic carbocycles. The molecule has 1 aromatic heterocycles. The largest absolute Gasteiger partial charge is 0.464 e. The average molecular weight is 379 g/mol.